The lowest BCUT2D eigenvalue weighted by atomic mass is 9.89. The number of thioether (sulfide) groups is 1. The Morgan fingerprint density at radius 3 is 2.63 bits per heavy atom. The van der Waals surface area contributed by atoms with E-state index in [4.69, 9.17) is 5.26 Å². The fourth-order valence-electron chi connectivity index (χ4n) is 2.47. The van der Waals surface area contributed by atoms with Crippen LogP contribution in [-0.4, -0.2) is 9.78 Å². The van der Waals surface area contributed by atoms with E-state index < -0.39 is 11.9 Å². The van der Waals surface area contributed by atoms with Crippen LogP contribution in [0.15, 0.2) is 11.1 Å². The van der Waals surface area contributed by atoms with Crippen LogP contribution in [0.4, 0.5) is 13.2 Å². The molecule has 1 fully saturated rings. The molecular formula is C12H14F3N3S. The molecule has 1 aliphatic rings. The van der Waals surface area contributed by atoms with Crippen molar-refractivity contribution in [2.24, 2.45) is 5.92 Å². The van der Waals surface area contributed by atoms with Crippen LogP contribution in [0, 0.1) is 16.6 Å². The first-order valence-corrected chi connectivity index (χ1v) is 7.03. The fraction of sp³-hybridized carbons (Fsp3) is 0.667. The first kappa shape index (κ1) is 14.3. The highest BCUT2D eigenvalue weighted by atomic mass is 32.2. The van der Waals surface area contributed by atoms with Crippen molar-refractivity contribution in [1.29, 1.82) is 5.26 Å². The number of thiocyanates is 1. The molecule has 1 aromatic heterocycles. The molecule has 0 unspecified atom stereocenters. The van der Waals surface area contributed by atoms with Crippen molar-refractivity contribution in [2.75, 3.05) is 0 Å². The second-order valence-corrected chi connectivity index (χ2v) is 5.55. The van der Waals surface area contributed by atoms with Gasteiger partial charge in [-0.3, -0.25) is 4.68 Å². The molecule has 19 heavy (non-hydrogen) atoms. The van der Waals surface area contributed by atoms with E-state index in [-0.39, 0.29) is 10.9 Å². The number of nitrogens with zero attached hydrogens (tertiary/aromatic N) is 3. The van der Waals surface area contributed by atoms with Crippen molar-refractivity contribution < 1.29 is 13.2 Å². The van der Waals surface area contributed by atoms with Gasteiger partial charge in [-0.2, -0.15) is 23.5 Å². The lowest BCUT2D eigenvalue weighted by Crippen LogP contribution is -2.20. The number of aromatic nitrogens is 2. The third kappa shape index (κ3) is 3.66. The Kier molecular flexibility index (Phi) is 4.40. The first-order chi connectivity index (χ1) is 9.00. The quantitative estimate of drug-likeness (QED) is 0.622. The lowest BCUT2D eigenvalue weighted by molar-refractivity contribution is -0.144. The molecule has 1 aliphatic carbocycles. The monoisotopic (exact) mass is 289 g/mol. The SMILES string of the molecule is N#CSc1cc(C(F)(F)F)n(CC2CCCCC2)n1. The highest BCUT2D eigenvalue weighted by molar-refractivity contribution is 8.03. The average molecular weight is 289 g/mol. The Balaban J connectivity index is 2.19. The molecule has 104 valence electrons. The minimum absolute atomic E-state index is 0.116. The molecule has 0 atom stereocenters. The number of nitriles is 1. The maximum Gasteiger partial charge on any atom is 0.433 e. The van der Waals surface area contributed by atoms with Crippen LogP contribution in [-0.2, 0) is 12.7 Å². The average Bonchev–Trinajstić information content (AvgIpc) is 2.74. The van der Waals surface area contributed by atoms with Gasteiger partial charge < -0.3 is 0 Å². The number of hydrogen-bond acceptors (Lipinski definition) is 3. The predicted octanol–water partition coefficient (Wildman–Crippen LogP) is 4.06. The standard InChI is InChI=1S/C12H14F3N3S/c13-12(14,15)10-6-11(19-8-16)17-18(10)7-9-4-2-1-3-5-9/h6,9H,1-5,7H2. The summed E-state index contributed by atoms with van der Waals surface area (Å²) in [5.74, 6) is 0.259. The Labute approximate surface area is 113 Å². The Morgan fingerprint density at radius 2 is 2.05 bits per heavy atom. The zero-order valence-electron chi connectivity index (χ0n) is 10.3. The predicted molar refractivity (Wildman–Crippen MR) is 65.3 cm³/mol. The Hall–Kier alpha value is -1.16. The maximum atomic E-state index is 12.9. The summed E-state index contributed by atoms with van der Waals surface area (Å²) >= 11 is 0.662. The highest BCUT2D eigenvalue weighted by Gasteiger charge is 2.36. The van der Waals surface area contributed by atoms with Crippen LogP contribution in [0.1, 0.15) is 37.8 Å². The number of hydrogen-bond donors (Lipinski definition) is 0. The fourth-order valence-corrected chi connectivity index (χ4v) is 2.87. The van der Waals surface area contributed by atoms with Crippen LogP contribution in [0.3, 0.4) is 0 Å². The van der Waals surface area contributed by atoms with E-state index >= 15 is 0 Å². The van der Waals surface area contributed by atoms with Crippen molar-refractivity contribution in [2.45, 2.75) is 49.9 Å². The van der Waals surface area contributed by atoms with Gasteiger partial charge in [-0.15, -0.1) is 0 Å². The minimum atomic E-state index is -4.42. The van der Waals surface area contributed by atoms with Gasteiger partial charge in [0.15, 0.2) is 0 Å². The van der Waals surface area contributed by atoms with Gasteiger partial charge in [0, 0.05) is 24.4 Å². The van der Waals surface area contributed by atoms with E-state index in [1.54, 1.807) is 5.40 Å². The van der Waals surface area contributed by atoms with E-state index in [1.165, 1.54) is 0 Å². The third-order valence-electron chi connectivity index (χ3n) is 3.35. The zero-order chi connectivity index (χ0) is 13.9. The summed E-state index contributed by atoms with van der Waals surface area (Å²) in [5.41, 5.74) is -0.754. The molecule has 1 aromatic rings. The summed E-state index contributed by atoms with van der Waals surface area (Å²) < 4.78 is 39.7. The van der Waals surface area contributed by atoms with Gasteiger partial charge in [0.05, 0.1) is 0 Å². The van der Waals surface area contributed by atoms with Gasteiger partial charge in [0.1, 0.15) is 16.1 Å². The molecule has 0 saturated heterocycles. The van der Waals surface area contributed by atoms with Crippen LogP contribution in [0.5, 0.6) is 0 Å². The summed E-state index contributed by atoms with van der Waals surface area (Å²) in [6, 6.07) is 0.955. The first-order valence-electron chi connectivity index (χ1n) is 6.21. The molecule has 0 N–H and O–H groups in total. The molecule has 0 amide bonds. The van der Waals surface area contributed by atoms with E-state index in [9.17, 15) is 13.2 Å². The topological polar surface area (TPSA) is 41.6 Å². The van der Waals surface area contributed by atoms with Crippen LogP contribution in [0.2, 0.25) is 0 Å². The van der Waals surface area contributed by atoms with Gasteiger partial charge >= 0.3 is 6.18 Å². The normalized spacial score (nSPS) is 17.4. The van der Waals surface area contributed by atoms with E-state index in [0.29, 0.717) is 18.3 Å². The molecule has 1 heterocycles. The van der Waals surface area contributed by atoms with Gasteiger partial charge in [-0.25, -0.2) is 0 Å². The van der Waals surface area contributed by atoms with Crippen molar-refractivity contribution in [3.8, 4) is 5.40 Å². The van der Waals surface area contributed by atoms with Gasteiger partial charge in [0.2, 0.25) is 0 Å². The maximum absolute atomic E-state index is 12.9. The smallest absolute Gasteiger partial charge is 0.259 e. The number of alkyl halides is 3. The highest BCUT2D eigenvalue weighted by Crippen LogP contribution is 2.33. The molecule has 1 saturated carbocycles. The lowest BCUT2D eigenvalue weighted by Gasteiger charge is -2.22. The van der Waals surface area contributed by atoms with Crippen LogP contribution in [0.25, 0.3) is 0 Å². The van der Waals surface area contributed by atoms with E-state index in [0.717, 1.165) is 42.9 Å². The number of rotatable bonds is 3. The molecule has 0 aromatic carbocycles. The van der Waals surface area contributed by atoms with Gasteiger partial charge in [-0.05, 0) is 18.8 Å². The zero-order valence-corrected chi connectivity index (χ0v) is 11.1. The van der Waals surface area contributed by atoms with Crippen LogP contribution < -0.4 is 0 Å². The largest absolute Gasteiger partial charge is 0.433 e. The Morgan fingerprint density at radius 1 is 1.37 bits per heavy atom. The molecule has 0 radical (unpaired) electrons. The van der Waals surface area contributed by atoms with Crippen LogP contribution >= 0.6 is 11.8 Å². The summed E-state index contributed by atoms with van der Waals surface area (Å²) in [5, 5.41) is 14.3. The van der Waals surface area contributed by atoms with Gasteiger partial charge in [-0.1, -0.05) is 19.3 Å². The molecule has 3 nitrogen and oxygen atoms in total. The Bertz CT molecular complexity index is 470. The summed E-state index contributed by atoms with van der Waals surface area (Å²) in [6.07, 6.45) is 0.809. The third-order valence-corrected chi connectivity index (χ3v) is 3.85. The summed E-state index contributed by atoms with van der Waals surface area (Å²) in [7, 11) is 0. The molecule has 0 aliphatic heterocycles. The summed E-state index contributed by atoms with van der Waals surface area (Å²) in [6.45, 7) is 0.292. The summed E-state index contributed by atoms with van der Waals surface area (Å²) in [4.78, 5) is 0. The molecule has 0 bridgehead atoms. The van der Waals surface area contributed by atoms with Crippen molar-refractivity contribution in [1.82, 2.24) is 9.78 Å². The molecule has 2 rings (SSSR count). The van der Waals surface area contributed by atoms with Gasteiger partial charge in [0.25, 0.3) is 0 Å². The van der Waals surface area contributed by atoms with E-state index in [2.05, 4.69) is 5.10 Å². The molecular weight excluding hydrogens is 275 g/mol. The minimum Gasteiger partial charge on any atom is -0.259 e. The van der Waals surface area contributed by atoms with Crippen molar-refractivity contribution in [3.63, 3.8) is 0 Å². The van der Waals surface area contributed by atoms with E-state index in [1.807, 2.05) is 0 Å². The molecule has 0 spiro atoms. The van der Waals surface area contributed by atoms with Crippen molar-refractivity contribution in [3.05, 3.63) is 11.8 Å². The second-order valence-electron chi connectivity index (χ2n) is 4.75. The molecule has 7 heteroatoms. The van der Waals surface area contributed by atoms with Crippen molar-refractivity contribution >= 4 is 11.8 Å². The number of halogens is 3. The second kappa shape index (κ2) is 5.87.